The number of hydrogen-bond donors (Lipinski definition) is 2. The maximum absolute atomic E-state index is 4.46. The van der Waals surface area contributed by atoms with Crippen molar-refractivity contribution in [1.29, 1.82) is 0 Å². The van der Waals surface area contributed by atoms with Gasteiger partial charge in [0.15, 0.2) is 5.82 Å². The van der Waals surface area contributed by atoms with Gasteiger partial charge in [0.05, 0.1) is 0 Å². The first-order chi connectivity index (χ1) is 6.80. The fourth-order valence-corrected chi connectivity index (χ4v) is 2.84. The topological polar surface area (TPSA) is 53.6 Å². The number of nitrogens with zero attached hydrogens (tertiary/aromatic N) is 2. The molecule has 1 spiro atoms. The van der Waals surface area contributed by atoms with E-state index in [2.05, 4.69) is 20.5 Å². The van der Waals surface area contributed by atoms with E-state index in [9.17, 15) is 0 Å². The van der Waals surface area contributed by atoms with Crippen LogP contribution in [0.2, 0.25) is 0 Å². The predicted molar refractivity (Wildman–Crippen MR) is 53.0 cm³/mol. The summed E-state index contributed by atoms with van der Waals surface area (Å²) < 4.78 is 0. The highest BCUT2D eigenvalue weighted by atomic mass is 15.2. The van der Waals surface area contributed by atoms with Gasteiger partial charge in [0, 0.05) is 19.0 Å². The SMILES string of the molecule is Cc1nc(C2CNCC23CCC3)n[nH]1. The molecule has 1 saturated carbocycles. The summed E-state index contributed by atoms with van der Waals surface area (Å²) in [5.41, 5.74) is 0.495. The Morgan fingerprint density at radius 2 is 2.29 bits per heavy atom. The van der Waals surface area contributed by atoms with Gasteiger partial charge >= 0.3 is 0 Å². The van der Waals surface area contributed by atoms with Gasteiger partial charge in [-0.25, -0.2) is 4.98 Å². The Morgan fingerprint density at radius 3 is 2.86 bits per heavy atom. The van der Waals surface area contributed by atoms with Gasteiger partial charge < -0.3 is 5.32 Å². The van der Waals surface area contributed by atoms with E-state index in [-0.39, 0.29) is 0 Å². The van der Waals surface area contributed by atoms with Crippen LogP contribution < -0.4 is 5.32 Å². The van der Waals surface area contributed by atoms with Gasteiger partial charge in [-0.3, -0.25) is 5.10 Å². The van der Waals surface area contributed by atoms with Crippen LogP contribution in [0.3, 0.4) is 0 Å². The molecular weight excluding hydrogens is 176 g/mol. The van der Waals surface area contributed by atoms with Gasteiger partial charge in [0.2, 0.25) is 0 Å². The van der Waals surface area contributed by atoms with Crippen molar-refractivity contribution in [2.45, 2.75) is 32.1 Å². The van der Waals surface area contributed by atoms with E-state index in [1.807, 2.05) is 6.92 Å². The lowest BCUT2D eigenvalue weighted by molar-refractivity contribution is 0.133. The van der Waals surface area contributed by atoms with Crippen LogP contribution in [0.1, 0.15) is 36.8 Å². The van der Waals surface area contributed by atoms with Crippen molar-refractivity contribution in [1.82, 2.24) is 20.5 Å². The normalized spacial score (nSPS) is 29.4. The van der Waals surface area contributed by atoms with Gasteiger partial charge in [-0.1, -0.05) is 6.42 Å². The fraction of sp³-hybridized carbons (Fsp3) is 0.800. The second-order valence-corrected chi connectivity index (χ2v) is 4.68. The second kappa shape index (κ2) is 2.79. The number of hydrogen-bond acceptors (Lipinski definition) is 3. The molecule has 4 nitrogen and oxygen atoms in total. The van der Waals surface area contributed by atoms with E-state index >= 15 is 0 Å². The van der Waals surface area contributed by atoms with Gasteiger partial charge in [-0.2, -0.15) is 5.10 Å². The summed E-state index contributed by atoms with van der Waals surface area (Å²) in [7, 11) is 0. The van der Waals surface area contributed by atoms with Gasteiger partial charge in [0.25, 0.3) is 0 Å². The van der Waals surface area contributed by atoms with Crippen molar-refractivity contribution in [3.05, 3.63) is 11.6 Å². The Labute approximate surface area is 83.5 Å². The van der Waals surface area contributed by atoms with Crippen LogP contribution in [-0.4, -0.2) is 28.3 Å². The zero-order chi connectivity index (χ0) is 9.60. The Kier molecular flexibility index (Phi) is 1.68. The smallest absolute Gasteiger partial charge is 0.155 e. The first-order valence-corrected chi connectivity index (χ1v) is 5.40. The largest absolute Gasteiger partial charge is 0.315 e. The van der Waals surface area contributed by atoms with E-state index in [4.69, 9.17) is 0 Å². The quantitative estimate of drug-likeness (QED) is 0.697. The van der Waals surface area contributed by atoms with Crippen molar-refractivity contribution in [2.75, 3.05) is 13.1 Å². The molecule has 3 rings (SSSR count). The van der Waals surface area contributed by atoms with Crippen LogP contribution in [0.4, 0.5) is 0 Å². The molecule has 0 aromatic carbocycles. The van der Waals surface area contributed by atoms with E-state index in [1.165, 1.54) is 19.3 Å². The number of aromatic amines is 1. The fourth-order valence-electron chi connectivity index (χ4n) is 2.84. The first-order valence-electron chi connectivity index (χ1n) is 5.40. The number of rotatable bonds is 1. The summed E-state index contributed by atoms with van der Waals surface area (Å²) in [4.78, 5) is 4.46. The summed E-state index contributed by atoms with van der Waals surface area (Å²) in [6.07, 6.45) is 4.07. The molecule has 0 radical (unpaired) electrons. The number of aryl methyl sites for hydroxylation is 1. The van der Waals surface area contributed by atoms with Crippen molar-refractivity contribution < 1.29 is 0 Å². The Balaban J connectivity index is 1.90. The molecule has 1 atom stereocenters. The summed E-state index contributed by atoms with van der Waals surface area (Å²) in [5.74, 6) is 2.50. The third kappa shape index (κ3) is 1.03. The molecule has 1 aromatic heterocycles. The molecule has 14 heavy (non-hydrogen) atoms. The van der Waals surface area contributed by atoms with E-state index in [0.717, 1.165) is 24.7 Å². The van der Waals surface area contributed by atoms with Crippen LogP contribution in [-0.2, 0) is 0 Å². The zero-order valence-corrected chi connectivity index (χ0v) is 8.51. The standard InChI is InChI=1S/C10H16N4/c1-7-12-9(14-13-7)8-5-11-6-10(8)3-2-4-10/h8,11H,2-6H2,1H3,(H,12,13,14). The Bertz CT molecular complexity index is 340. The molecule has 1 aliphatic heterocycles. The molecule has 2 heterocycles. The van der Waals surface area contributed by atoms with Crippen molar-refractivity contribution in [3.63, 3.8) is 0 Å². The summed E-state index contributed by atoms with van der Waals surface area (Å²) in [6, 6.07) is 0. The van der Waals surface area contributed by atoms with Crippen LogP contribution in [0.5, 0.6) is 0 Å². The van der Waals surface area contributed by atoms with Gasteiger partial charge in [-0.05, 0) is 25.2 Å². The minimum absolute atomic E-state index is 0.495. The monoisotopic (exact) mass is 192 g/mol. The number of nitrogens with one attached hydrogen (secondary N) is 2. The molecule has 4 heteroatoms. The number of H-pyrrole nitrogens is 1. The molecule has 0 bridgehead atoms. The average molecular weight is 192 g/mol. The lowest BCUT2D eigenvalue weighted by Gasteiger charge is -2.41. The molecule has 1 aliphatic carbocycles. The molecule has 76 valence electrons. The molecule has 2 N–H and O–H groups in total. The Hall–Kier alpha value is -0.900. The van der Waals surface area contributed by atoms with Crippen molar-refractivity contribution in [2.24, 2.45) is 5.41 Å². The average Bonchev–Trinajstić information content (AvgIpc) is 2.67. The van der Waals surface area contributed by atoms with E-state index in [1.54, 1.807) is 0 Å². The first kappa shape index (κ1) is 8.41. The van der Waals surface area contributed by atoms with Crippen LogP contribution >= 0.6 is 0 Å². The van der Waals surface area contributed by atoms with Crippen molar-refractivity contribution in [3.8, 4) is 0 Å². The summed E-state index contributed by atoms with van der Waals surface area (Å²) in [5, 5.41) is 10.7. The lowest BCUT2D eigenvalue weighted by atomic mass is 9.62. The maximum Gasteiger partial charge on any atom is 0.155 e. The third-order valence-electron chi connectivity index (χ3n) is 3.84. The Morgan fingerprint density at radius 1 is 1.43 bits per heavy atom. The molecule has 1 unspecified atom stereocenters. The lowest BCUT2D eigenvalue weighted by Crippen LogP contribution is -2.36. The second-order valence-electron chi connectivity index (χ2n) is 4.68. The highest BCUT2D eigenvalue weighted by molar-refractivity contribution is 5.13. The highest BCUT2D eigenvalue weighted by Crippen LogP contribution is 2.52. The summed E-state index contributed by atoms with van der Waals surface area (Å²) >= 11 is 0. The van der Waals surface area contributed by atoms with Gasteiger partial charge in [0.1, 0.15) is 5.82 Å². The molecule has 1 aromatic rings. The summed E-state index contributed by atoms with van der Waals surface area (Å²) in [6.45, 7) is 4.18. The van der Waals surface area contributed by atoms with Gasteiger partial charge in [-0.15, -0.1) is 0 Å². The molecule has 2 aliphatic rings. The molecule has 0 amide bonds. The zero-order valence-electron chi connectivity index (χ0n) is 8.51. The van der Waals surface area contributed by atoms with E-state index in [0.29, 0.717) is 11.3 Å². The minimum atomic E-state index is 0.495. The van der Waals surface area contributed by atoms with Crippen molar-refractivity contribution >= 4 is 0 Å². The predicted octanol–water partition coefficient (Wildman–Crippen LogP) is 0.970. The highest BCUT2D eigenvalue weighted by Gasteiger charge is 2.49. The molecular formula is C10H16N4. The third-order valence-corrected chi connectivity index (χ3v) is 3.84. The number of aromatic nitrogens is 3. The molecule has 1 saturated heterocycles. The van der Waals surface area contributed by atoms with Crippen LogP contribution in [0.25, 0.3) is 0 Å². The maximum atomic E-state index is 4.46. The van der Waals surface area contributed by atoms with Crippen LogP contribution in [0, 0.1) is 12.3 Å². The molecule has 2 fully saturated rings. The van der Waals surface area contributed by atoms with E-state index < -0.39 is 0 Å². The van der Waals surface area contributed by atoms with Crippen LogP contribution in [0.15, 0.2) is 0 Å². The minimum Gasteiger partial charge on any atom is -0.315 e.